The second kappa shape index (κ2) is 4.25. The van der Waals surface area contributed by atoms with Gasteiger partial charge in [0.2, 0.25) is 0 Å². The zero-order valence-corrected chi connectivity index (χ0v) is 11.0. The van der Waals surface area contributed by atoms with E-state index < -0.39 is 0 Å². The number of halogens is 1. The van der Waals surface area contributed by atoms with Crippen LogP contribution in [0.4, 0.5) is 0 Å². The molecule has 0 radical (unpaired) electrons. The molecule has 0 spiro atoms. The van der Waals surface area contributed by atoms with Crippen LogP contribution in [-0.4, -0.2) is 17.5 Å². The number of alkyl halides is 1. The first-order chi connectivity index (χ1) is 6.97. The second-order valence-corrected chi connectivity index (χ2v) is 7.04. The molecule has 4 unspecified atom stereocenters. The van der Waals surface area contributed by atoms with E-state index in [2.05, 4.69) is 26.1 Å². The number of hydrogen-bond acceptors (Lipinski definition) is 1. The lowest BCUT2D eigenvalue weighted by Crippen LogP contribution is -2.35. The van der Waals surface area contributed by atoms with Crippen LogP contribution in [0, 0.1) is 11.3 Å². The lowest BCUT2D eigenvalue weighted by molar-refractivity contribution is 0.316. The van der Waals surface area contributed by atoms with Gasteiger partial charge in [-0.25, -0.2) is 0 Å². The van der Waals surface area contributed by atoms with Gasteiger partial charge >= 0.3 is 0 Å². The van der Waals surface area contributed by atoms with Gasteiger partial charge in [-0.1, -0.05) is 33.6 Å². The molecular formula is C13H24ClN. The van der Waals surface area contributed by atoms with Gasteiger partial charge < -0.3 is 5.32 Å². The Hall–Kier alpha value is 0.250. The van der Waals surface area contributed by atoms with E-state index in [1.807, 2.05) is 0 Å². The van der Waals surface area contributed by atoms with Crippen molar-refractivity contribution in [2.45, 2.75) is 70.3 Å². The molecule has 0 aromatic rings. The molecule has 2 aliphatic rings. The van der Waals surface area contributed by atoms with Gasteiger partial charge in [0.25, 0.3) is 0 Å². The molecule has 2 heteroatoms. The largest absolute Gasteiger partial charge is 0.309 e. The minimum Gasteiger partial charge on any atom is -0.309 e. The molecule has 1 saturated carbocycles. The van der Waals surface area contributed by atoms with Crippen molar-refractivity contribution in [3.8, 4) is 0 Å². The molecule has 0 aromatic heterocycles. The van der Waals surface area contributed by atoms with Gasteiger partial charge in [-0.05, 0) is 30.6 Å². The summed E-state index contributed by atoms with van der Waals surface area (Å²) in [6, 6.07) is 1.26. The highest BCUT2D eigenvalue weighted by molar-refractivity contribution is 6.21. The summed E-state index contributed by atoms with van der Waals surface area (Å²) in [5.74, 6) is 0.743. The molecule has 1 aliphatic heterocycles. The van der Waals surface area contributed by atoms with E-state index >= 15 is 0 Å². The zero-order chi connectivity index (χ0) is 11.1. The van der Waals surface area contributed by atoms with Gasteiger partial charge in [0.1, 0.15) is 0 Å². The molecule has 0 bridgehead atoms. The Kier molecular flexibility index (Phi) is 3.33. The molecular weight excluding hydrogens is 206 g/mol. The molecule has 1 N–H and O–H groups in total. The Labute approximate surface area is 99.0 Å². The summed E-state index contributed by atoms with van der Waals surface area (Å²) in [6.07, 6.45) is 6.66. The van der Waals surface area contributed by atoms with Crippen LogP contribution in [0.5, 0.6) is 0 Å². The first kappa shape index (κ1) is 11.7. The second-order valence-electron chi connectivity index (χ2n) is 6.54. The lowest BCUT2D eigenvalue weighted by atomic mass is 9.82. The molecule has 1 aliphatic carbocycles. The van der Waals surface area contributed by atoms with Crippen LogP contribution in [0.25, 0.3) is 0 Å². The average Bonchev–Trinajstić information content (AvgIpc) is 2.42. The summed E-state index contributed by atoms with van der Waals surface area (Å²) in [6.45, 7) is 6.92. The number of nitrogens with one attached hydrogen (secondary N) is 1. The molecule has 15 heavy (non-hydrogen) atoms. The van der Waals surface area contributed by atoms with Gasteiger partial charge in [-0.2, -0.15) is 0 Å². The van der Waals surface area contributed by atoms with E-state index in [1.54, 1.807) is 0 Å². The Balaban J connectivity index is 1.98. The van der Waals surface area contributed by atoms with Crippen molar-refractivity contribution in [1.82, 2.24) is 5.32 Å². The first-order valence-electron chi connectivity index (χ1n) is 6.37. The van der Waals surface area contributed by atoms with Crippen LogP contribution < -0.4 is 5.32 Å². The van der Waals surface area contributed by atoms with Crippen LogP contribution in [-0.2, 0) is 0 Å². The van der Waals surface area contributed by atoms with Crippen LogP contribution in [0.2, 0.25) is 0 Å². The normalized spacial score (nSPS) is 41.6. The summed E-state index contributed by atoms with van der Waals surface area (Å²) in [4.78, 5) is 0. The topological polar surface area (TPSA) is 12.0 Å². The van der Waals surface area contributed by atoms with Crippen molar-refractivity contribution in [2.24, 2.45) is 11.3 Å². The predicted molar refractivity (Wildman–Crippen MR) is 66.4 cm³/mol. The molecule has 88 valence electrons. The van der Waals surface area contributed by atoms with Crippen molar-refractivity contribution in [1.29, 1.82) is 0 Å². The standard InChI is InChI=1S/C13H24ClN/c1-13(2,3)8-11-12(14)9-6-4-5-7-10(9)15-11/h9-12,15H,4-8H2,1-3H3. The van der Waals surface area contributed by atoms with E-state index in [0.717, 1.165) is 5.92 Å². The van der Waals surface area contributed by atoms with Crippen molar-refractivity contribution >= 4 is 11.6 Å². The molecule has 2 rings (SSSR count). The van der Waals surface area contributed by atoms with Gasteiger partial charge in [0.05, 0.1) is 5.38 Å². The Morgan fingerprint density at radius 3 is 2.47 bits per heavy atom. The lowest BCUT2D eigenvalue weighted by Gasteiger charge is -2.26. The van der Waals surface area contributed by atoms with Crippen molar-refractivity contribution in [3.05, 3.63) is 0 Å². The maximum Gasteiger partial charge on any atom is 0.0532 e. The molecule has 2 fully saturated rings. The van der Waals surface area contributed by atoms with Crippen LogP contribution in [0.15, 0.2) is 0 Å². The highest BCUT2D eigenvalue weighted by Crippen LogP contribution is 2.39. The first-order valence-corrected chi connectivity index (χ1v) is 6.81. The minimum atomic E-state index is 0.370. The fourth-order valence-corrected chi connectivity index (χ4v) is 3.71. The van der Waals surface area contributed by atoms with Gasteiger partial charge in [-0.15, -0.1) is 11.6 Å². The quantitative estimate of drug-likeness (QED) is 0.678. The van der Waals surface area contributed by atoms with E-state index in [9.17, 15) is 0 Å². The van der Waals surface area contributed by atoms with E-state index in [-0.39, 0.29) is 0 Å². The molecule has 4 atom stereocenters. The summed E-state index contributed by atoms with van der Waals surface area (Å²) in [5.41, 5.74) is 0.387. The third kappa shape index (κ3) is 2.68. The van der Waals surface area contributed by atoms with Gasteiger partial charge in [-0.3, -0.25) is 0 Å². The minimum absolute atomic E-state index is 0.370. The maximum atomic E-state index is 6.60. The van der Waals surface area contributed by atoms with E-state index in [1.165, 1.54) is 32.1 Å². The van der Waals surface area contributed by atoms with Crippen LogP contribution in [0.1, 0.15) is 52.9 Å². The van der Waals surface area contributed by atoms with Crippen molar-refractivity contribution in [2.75, 3.05) is 0 Å². The highest BCUT2D eigenvalue weighted by atomic mass is 35.5. The smallest absolute Gasteiger partial charge is 0.0532 e. The number of rotatable bonds is 1. The molecule has 0 aromatic carbocycles. The van der Waals surface area contributed by atoms with Crippen molar-refractivity contribution in [3.63, 3.8) is 0 Å². The number of fused-ring (bicyclic) bond motifs is 1. The third-order valence-electron chi connectivity index (χ3n) is 3.87. The number of hydrogen-bond donors (Lipinski definition) is 1. The van der Waals surface area contributed by atoms with E-state index in [4.69, 9.17) is 11.6 Å². The Morgan fingerprint density at radius 1 is 1.20 bits per heavy atom. The Bertz CT molecular complexity index is 221. The maximum absolute atomic E-state index is 6.60. The zero-order valence-electron chi connectivity index (χ0n) is 10.2. The third-order valence-corrected chi connectivity index (χ3v) is 4.50. The summed E-state index contributed by atoms with van der Waals surface area (Å²) < 4.78 is 0. The average molecular weight is 230 g/mol. The van der Waals surface area contributed by atoms with Gasteiger partial charge in [0, 0.05) is 12.1 Å². The fourth-order valence-electron chi connectivity index (χ4n) is 3.24. The van der Waals surface area contributed by atoms with Gasteiger partial charge in [0.15, 0.2) is 0 Å². The molecule has 1 nitrogen and oxygen atoms in total. The predicted octanol–water partition coefficient (Wildman–Crippen LogP) is 3.56. The Morgan fingerprint density at radius 2 is 1.87 bits per heavy atom. The van der Waals surface area contributed by atoms with Crippen LogP contribution in [0.3, 0.4) is 0 Å². The van der Waals surface area contributed by atoms with Crippen molar-refractivity contribution < 1.29 is 0 Å². The van der Waals surface area contributed by atoms with Crippen LogP contribution >= 0.6 is 11.6 Å². The molecule has 0 amide bonds. The fraction of sp³-hybridized carbons (Fsp3) is 1.00. The summed E-state index contributed by atoms with van der Waals surface area (Å²) in [7, 11) is 0. The molecule has 1 heterocycles. The SMILES string of the molecule is CC(C)(C)CC1NC2CCCCC2C1Cl. The summed E-state index contributed by atoms with van der Waals surface area (Å²) >= 11 is 6.60. The monoisotopic (exact) mass is 229 g/mol. The molecule has 1 saturated heterocycles. The summed E-state index contributed by atoms with van der Waals surface area (Å²) in [5, 5.41) is 4.14. The van der Waals surface area contributed by atoms with E-state index in [0.29, 0.717) is 22.9 Å². The highest BCUT2D eigenvalue weighted by Gasteiger charge is 2.43.